The Morgan fingerprint density at radius 1 is 0.909 bits per heavy atom. The number of nitrogens with zero attached hydrogens (tertiary/aromatic N) is 2. The van der Waals surface area contributed by atoms with Gasteiger partial charge in [0, 0.05) is 5.39 Å². The molecule has 0 amide bonds. The third kappa shape index (κ3) is 4.44. The molecule has 0 aliphatic rings. The summed E-state index contributed by atoms with van der Waals surface area (Å²) in [6.45, 7) is 10.8. The number of fused-ring (bicyclic) bond motifs is 1. The summed E-state index contributed by atoms with van der Waals surface area (Å²) in [7, 11) is 0. The van der Waals surface area contributed by atoms with Gasteiger partial charge in [0.1, 0.15) is 6.61 Å². The number of ether oxygens (including phenoxy) is 1. The van der Waals surface area contributed by atoms with Crippen LogP contribution in [0.2, 0.25) is 0 Å². The van der Waals surface area contributed by atoms with Gasteiger partial charge in [-0.15, -0.1) is 0 Å². The Hall–Kier alpha value is -3.73. The van der Waals surface area contributed by atoms with Crippen LogP contribution in [0.15, 0.2) is 71.5 Å². The number of para-hydroxylation sites is 1. The minimum Gasteiger partial charge on any atom is -0.456 e. The summed E-state index contributed by atoms with van der Waals surface area (Å²) < 4.78 is 6.98. The Bertz CT molecular complexity index is 1370. The molecule has 1 heterocycles. The van der Waals surface area contributed by atoms with Gasteiger partial charge >= 0.3 is 5.97 Å². The molecule has 0 radical (unpaired) electrons. The lowest BCUT2D eigenvalue weighted by atomic mass is 9.84. The molecule has 0 saturated carbocycles. The molecular formula is C28H28N2O3. The molecule has 0 N–H and O–H groups in total. The van der Waals surface area contributed by atoms with Crippen molar-refractivity contribution in [3.8, 4) is 5.69 Å². The molecule has 0 aliphatic heterocycles. The smallest absolute Gasteiger partial charge is 0.359 e. The van der Waals surface area contributed by atoms with Crippen molar-refractivity contribution >= 4 is 16.7 Å². The van der Waals surface area contributed by atoms with Crippen LogP contribution in [0.5, 0.6) is 0 Å². The number of esters is 1. The van der Waals surface area contributed by atoms with Crippen LogP contribution in [-0.4, -0.2) is 15.7 Å². The van der Waals surface area contributed by atoms with Crippen LogP contribution in [0.1, 0.15) is 53.5 Å². The number of carbonyl (C=O) groups is 1. The lowest BCUT2D eigenvalue weighted by Gasteiger charge is -2.22. The fourth-order valence-electron chi connectivity index (χ4n) is 3.94. The average molecular weight is 441 g/mol. The zero-order valence-corrected chi connectivity index (χ0v) is 19.7. The molecule has 0 saturated heterocycles. The number of hydrogen-bond acceptors (Lipinski definition) is 4. The van der Waals surface area contributed by atoms with Crippen LogP contribution in [0, 0.1) is 13.8 Å². The maximum absolute atomic E-state index is 13.2. The minimum absolute atomic E-state index is 0.0404. The van der Waals surface area contributed by atoms with Gasteiger partial charge in [-0.25, -0.2) is 4.79 Å². The van der Waals surface area contributed by atoms with E-state index in [4.69, 9.17) is 4.74 Å². The normalized spacial score (nSPS) is 11.5. The summed E-state index contributed by atoms with van der Waals surface area (Å²) in [5, 5.41) is 5.31. The maximum atomic E-state index is 13.2. The number of carbonyl (C=O) groups excluding carboxylic acids is 1. The first kappa shape index (κ1) is 22.5. The van der Waals surface area contributed by atoms with Crippen molar-refractivity contribution in [2.75, 3.05) is 0 Å². The molecule has 4 aromatic rings. The van der Waals surface area contributed by atoms with Gasteiger partial charge in [-0.05, 0) is 59.7 Å². The van der Waals surface area contributed by atoms with Gasteiger partial charge in [-0.2, -0.15) is 9.78 Å². The van der Waals surface area contributed by atoms with Crippen molar-refractivity contribution in [2.24, 2.45) is 0 Å². The molecule has 168 valence electrons. The van der Waals surface area contributed by atoms with Gasteiger partial charge in [0.05, 0.1) is 11.1 Å². The van der Waals surface area contributed by atoms with Crippen molar-refractivity contribution in [3.63, 3.8) is 0 Å². The molecule has 0 atom stereocenters. The van der Waals surface area contributed by atoms with E-state index in [1.165, 1.54) is 10.2 Å². The molecule has 0 unspecified atom stereocenters. The molecule has 33 heavy (non-hydrogen) atoms. The van der Waals surface area contributed by atoms with Gasteiger partial charge in [0.2, 0.25) is 0 Å². The number of rotatable bonds is 4. The molecule has 0 fully saturated rings. The third-order valence-corrected chi connectivity index (χ3v) is 5.91. The molecule has 0 spiro atoms. The molecular weight excluding hydrogens is 412 g/mol. The summed E-state index contributed by atoms with van der Waals surface area (Å²) in [6, 6.07) is 20.4. The number of aryl methyl sites for hydroxylation is 2. The highest BCUT2D eigenvalue weighted by molar-refractivity contribution is 6.02. The van der Waals surface area contributed by atoms with E-state index in [0.717, 1.165) is 16.7 Å². The zero-order chi connectivity index (χ0) is 23.8. The van der Waals surface area contributed by atoms with E-state index in [1.54, 1.807) is 36.4 Å². The van der Waals surface area contributed by atoms with Crippen molar-refractivity contribution < 1.29 is 9.53 Å². The van der Waals surface area contributed by atoms with Crippen LogP contribution in [-0.2, 0) is 16.8 Å². The Kier molecular flexibility index (Phi) is 5.90. The second-order valence-electron chi connectivity index (χ2n) is 9.36. The SMILES string of the molecule is Cc1cc(C(C)(C)C)cc(C)c1COC(=O)c1nn(-c2ccccc2)c(=O)c2ccccc12. The van der Waals surface area contributed by atoms with E-state index in [1.807, 2.05) is 32.0 Å². The predicted molar refractivity (Wildman–Crippen MR) is 131 cm³/mol. The lowest BCUT2D eigenvalue weighted by molar-refractivity contribution is 0.0465. The van der Waals surface area contributed by atoms with E-state index < -0.39 is 5.97 Å². The number of aromatic nitrogens is 2. The van der Waals surface area contributed by atoms with Crippen molar-refractivity contribution in [2.45, 2.75) is 46.6 Å². The fraction of sp³-hybridized carbons (Fsp3) is 0.250. The molecule has 3 aromatic carbocycles. The van der Waals surface area contributed by atoms with Gasteiger partial charge in [0.15, 0.2) is 5.69 Å². The highest BCUT2D eigenvalue weighted by Crippen LogP contribution is 2.27. The van der Waals surface area contributed by atoms with Gasteiger partial charge in [-0.3, -0.25) is 4.79 Å². The second kappa shape index (κ2) is 8.66. The maximum Gasteiger partial charge on any atom is 0.359 e. The molecule has 1 aromatic heterocycles. The second-order valence-corrected chi connectivity index (χ2v) is 9.36. The highest BCUT2D eigenvalue weighted by atomic mass is 16.5. The first-order chi connectivity index (χ1) is 15.7. The summed E-state index contributed by atoms with van der Waals surface area (Å²) in [6.07, 6.45) is 0. The van der Waals surface area contributed by atoms with E-state index in [9.17, 15) is 9.59 Å². The van der Waals surface area contributed by atoms with Gasteiger partial charge in [0.25, 0.3) is 5.56 Å². The standard InChI is InChI=1S/C28H28N2O3/c1-18-15-20(28(3,4)5)16-19(2)24(18)17-33-27(32)25-22-13-9-10-14-23(22)26(31)30(29-25)21-11-7-6-8-12-21/h6-16H,17H2,1-5H3. The fourth-order valence-corrected chi connectivity index (χ4v) is 3.94. The summed E-state index contributed by atoms with van der Waals surface area (Å²) in [5.41, 5.74) is 4.87. The Labute approximate surface area is 193 Å². The molecule has 5 nitrogen and oxygen atoms in total. The Balaban J connectivity index is 1.71. The molecule has 5 heteroatoms. The van der Waals surface area contributed by atoms with Gasteiger partial charge in [-0.1, -0.05) is 69.3 Å². The molecule has 4 rings (SSSR count). The van der Waals surface area contributed by atoms with Crippen LogP contribution in [0.25, 0.3) is 16.5 Å². The molecule has 0 aliphatic carbocycles. The zero-order valence-electron chi connectivity index (χ0n) is 19.7. The van der Waals surface area contributed by atoms with Crippen molar-refractivity contribution in [1.29, 1.82) is 0 Å². The lowest BCUT2D eigenvalue weighted by Crippen LogP contribution is -2.25. The summed E-state index contributed by atoms with van der Waals surface area (Å²) >= 11 is 0. The third-order valence-electron chi connectivity index (χ3n) is 5.91. The van der Waals surface area contributed by atoms with E-state index in [-0.39, 0.29) is 23.3 Å². The Morgan fingerprint density at radius 3 is 2.09 bits per heavy atom. The number of hydrogen-bond donors (Lipinski definition) is 0. The monoisotopic (exact) mass is 440 g/mol. The highest BCUT2D eigenvalue weighted by Gasteiger charge is 2.20. The van der Waals surface area contributed by atoms with Crippen LogP contribution >= 0.6 is 0 Å². The quantitative estimate of drug-likeness (QED) is 0.384. The Morgan fingerprint density at radius 2 is 1.48 bits per heavy atom. The van der Waals surface area contributed by atoms with Crippen molar-refractivity contribution in [3.05, 3.63) is 105 Å². The first-order valence-corrected chi connectivity index (χ1v) is 11.0. The van der Waals surface area contributed by atoms with E-state index in [2.05, 4.69) is 38.0 Å². The molecule has 0 bridgehead atoms. The topological polar surface area (TPSA) is 61.2 Å². The summed E-state index contributed by atoms with van der Waals surface area (Å²) in [5.74, 6) is -0.561. The van der Waals surface area contributed by atoms with E-state index >= 15 is 0 Å². The van der Waals surface area contributed by atoms with Crippen molar-refractivity contribution in [1.82, 2.24) is 9.78 Å². The van der Waals surface area contributed by atoms with Crippen LogP contribution < -0.4 is 5.56 Å². The largest absolute Gasteiger partial charge is 0.456 e. The minimum atomic E-state index is -0.561. The predicted octanol–water partition coefficient (Wildman–Crippen LogP) is 5.66. The summed E-state index contributed by atoms with van der Waals surface area (Å²) in [4.78, 5) is 26.2. The average Bonchev–Trinajstić information content (AvgIpc) is 2.78. The van der Waals surface area contributed by atoms with E-state index in [0.29, 0.717) is 16.5 Å². The number of benzene rings is 3. The van der Waals surface area contributed by atoms with Crippen LogP contribution in [0.3, 0.4) is 0 Å². The van der Waals surface area contributed by atoms with Gasteiger partial charge < -0.3 is 4.74 Å². The van der Waals surface area contributed by atoms with Crippen LogP contribution in [0.4, 0.5) is 0 Å². The first-order valence-electron chi connectivity index (χ1n) is 11.0.